The molecule has 3 heteroatoms. The van der Waals surface area contributed by atoms with Crippen molar-refractivity contribution in [3.8, 4) is 0 Å². The van der Waals surface area contributed by atoms with Gasteiger partial charge in [0.2, 0.25) is 0 Å². The number of benzene rings is 1. The van der Waals surface area contributed by atoms with Gasteiger partial charge < -0.3 is 15.2 Å². The lowest BCUT2D eigenvalue weighted by Crippen LogP contribution is -2.41. The fourth-order valence-corrected chi connectivity index (χ4v) is 2.37. The molecule has 1 fully saturated rings. The maximum absolute atomic E-state index is 9.41. The molecule has 0 radical (unpaired) electrons. The van der Waals surface area contributed by atoms with Gasteiger partial charge in [0.15, 0.2) is 0 Å². The van der Waals surface area contributed by atoms with Crippen molar-refractivity contribution in [2.24, 2.45) is 0 Å². The van der Waals surface area contributed by atoms with E-state index < -0.39 is 0 Å². The van der Waals surface area contributed by atoms with Gasteiger partial charge in [0.1, 0.15) is 0 Å². The summed E-state index contributed by atoms with van der Waals surface area (Å²) >= 11 is 0. The lowest BCUT2D eigenvalue weighted by Gasteiger charge is -2.25. The zero-order valence-electron chi connectivity index (χ0n) is 10.8. The molecule has 3 nitrogen and oxygen atoms in total. The first kappa shape index (κ1) is 13.5. The zero-order chi connectivity index (χ0) is 12.6. The molecule has 2 atom stereocenters. The summed E-state index contributed by atoms with van der Waals surface area (Å²) < 4.78 is 5.68. The van der Waals surface area contributed by atoms with Crippen molar-refractivity contribution < 1.29 is 9.84 Å². The molecule has 0 spiro atoms. The molecule has 1 aliphatic rings. The van der Waals surface area contributed by atoms with Gasteiger partial charge in [-0.3, -0.25) is 0 Å². The SMILES string of the molecule is OCC(Cc1ccccc1)NCC1CCCCO1. The van der Waals surface area contributed by atoms with E-state index >= 15 is 0 Å². The van der Waals surface area contributed by atoms with Crippen LogP contribution in [0.25, 0.3) is 0 Å². The third kappa shape index (κ3) is 4.41. The van der Waals surface area contributed by atoms with E-state index in [9.17, 15) is 5.11 Å². The Balaban J connectivity index is 1.75. The monoisotopic (exact) mass is 249 g/mol. The van der Waals surface area contributed by atoms with Gasteiger partial charge in [-0.15, -0.1) is 0 Å². The molecule has 2 N–H and O–H groups in total. The molecule has 1 aromatic rings. The normalized spacial score (nSPS) is 21.7. The highest BCUT2D eigenvalue weighted by molar-refractivity contribution is 5.15. The molecule has 0 aliphatic carbocycles. The van der Waals surface area contributed by atoms with E-state index in [2.05, 4.69) is 17.4 Å². The first-order chi connectivity index (χ1) is 8.88. The number of ether oxygens (including phenoxy) is 1. The summed E-state index contributed by atoms with van der Waals surface area (Å²) in [5, 5.41) is 12.8. The van der Waals surface area contributed by atoms with Crippen molar-refractivity contribution in [2.45, 2.75) is 37.8 Å². The van der Waals surface area contributed by atoms with Gasteiger partial charge in [-0.2, -0.15) is 0 Å². The minimum absolute atomic E-state index is 0.123. The van der Waals surface area contributed by atoms with Gasteiger partial charge in [0.25, 0.3) is 0 Å². The van der Waals surface area contributed by atoms with Crippen molar-refractivity contribution in [1.29, 1.82) is 0 Å². The lowest BCUT2D eigenvalue weighted by atomic mass is 10.1. The molecule has 1 heterocycles. The van der Waals surface area contributed by atoms with Gasteiger partial charge in [-0.1, -0.05) is 30.3 Å². The fourth-order valence-electron chi connectivity index (χ4n) is 2.37. The molecule has 1 saturated heterocycles. The Bertz CT molecular complexity index is 323. The quantitative estimate of drug-likeness (QED) is 0.807. The van der Waals surface area contributed by atoms with E-state index in [1.165, 1.54) is 18.4 Å². The number of hydrogen-bond acceptors (Lipinski definition) is 3. The molecule has 2 unspecified atom stereocenters. The number of rotatable bonds is 6. The third-order valence-electron chi connectivity index (χ3n) is 3.45. The van der Waals surface area contributed by atoms with E-state index in [1.807, 2.05) is 18.2 Å². The third-order valence-corrected chi connectivity index (χ3v) is 3.45. The molecular weight excluding hydrogens is 226 g/mol. The van der Waals surface area contributed by atoms with Crippen LogP contribution in [0.2, 0.25) is 0 Å². The summed E-state index contributed by atoms with van der Waals surface area (Å²) in [6.45, 7) is 1.90. The Morgan fingerprint density at radius 2 is 2.11 bits per heavy atom. The Kier molecular flexibility index (Phi) is 5.65. The largest absolute Gasteiger partial charge is 0.395 e. The number of aliphatic hydroxyl groups is 1. The highest BCUT2D eigenvalue weighted by atomic mass is 16.5. The zero-order valence-corrected chi connectivity index (χ0v) is 10.8. The Hall–Kier alpha value is -0.900. The van der Waals surface area contributed by atoms with Crippen molar-refractivity contribution in [2.75, 3.05) is 19.8 Å². The van der Waals surface area contributed by atoms with E-state index in [-0.39, 0.29) is 12.6 Å². The Morgan fingerprint density at radius 3 is 2.78 bits per heavy atom. The molecule has 18 heavy (non-hydrogen) atoms. The highest BCUT2D eigenvalue weighted by Gasteiger charge is 2.15. The van der Waals surface area contributed by atoms with E-state index in [1.54, 1.807) is 0 Å². The molecule has 100 valence electrons. The first-order valence-electron chi connectivity index (χ1n) is 6.88. The fraction of sp³-hybridized carbons (Fsp3) is 0.600. The lowest BCUT2D eigenvalue weighted by molar-refractivity contribution is 0.0142. The summed E-state index contributed by atoms with van der Waals surface area (Å²) in [7, 11) is 0. The van der Waals surface area contributed by atoms with Gasteiger partial charge in [-0.25, -0.2) is 0 Å². The second-order valence-electron chi connectivity index (χ2n) is 4.97. The van der Waals surface area contributed by atoms with Crippen LogP contribution in [-0.4, -0.2) is 37.0 Å². The predicted octanol–water partition coefficient (Wildman–Crippen LogP) is 1.75. The van der Waals surface area contributed by atoms with Crippen LogP contribution in [0.5, 0.6) is 0 Å². The molecule has 1 aromatic carbocycles. The molecule has 0 saturated carbocycles. The number of hydrogen-bond donors (Lipinski definition) is 2. The summed E-state index contributed by atoms with van der Waals surface area (Å²) in [5.41, 5.74) is 1.26. The number of aliphatic hydroxyl groups excluding tert-OH is 1. The minimum Gasteiger partial charge on any atom is -0.395 e. The second kappa shape index (κ2) is 7.52. The summed E-state index contributed by atoms with van der Waals surface area (Å²) in [6, 6.07) is 10.4. The maximum Gasteiger partial charge on any atom is 0.0699 e. The Morgan fingerprint density at radius 1 is 1.28 bits per heavy atom. The van der Waals surface area contributed by atoms with Crippen LogP contribution < -0.4 is 5.32 Å². The van der Waals surface area contributed by atoms with E-state index in [0.29, 0.717) is 6.10 Å². The van der Waals surface area contributed by atoms with Crippen LogP contribution >= 0.6 is 0 Å². The van der Waals surface area contributed by atoms with Crippen molar-refractivity contribution in [3.05, 3.63) is 35.9 Å². The molecular formula is C15H23NO2. The van der Waals surface area contributed by atoms with Crippen LogP contribution in [-0.2, 0) is 11.2 Å². The summed E-state index contributed by atoms with van der Waals surface area (Å²) in [5.74, 6) is 0. The average Bonchev–Trinajstić information content (AvgIpc) is 2.45. The van der Waals surface area contributed by atoms with E-state index in [0.717, 1.165) is 26.0 Å². The molecule has 0 bridgehead atoms. The highest BCUT2D eigenvalue weighted by Crippen LogP contribution is 2.12. The molecule has 1 aliphatic heterocycles. The van der Waals surface area contributed by atoms with Crippen LogP contribution in [0.3, 0.4) is 0 Å². The summed E-state index contributed by atoms with van der Waals surface area (Å²) in [6.07, 6.45) is 4.77. The smallest absolute Gasteiger partial charge is 0.0699 e. The number of nitrogens with one attached hydrogen (secondary N) is 1. The van der Waals surface area contributed by atoms with Crippen LogP contribution in [0, 0.1) is 0 Å². The maximum atomic E-state index is 9.41. The first-order valence-corrected chi connectivity index (χ1v) is 6.88. The van der Waals surface area contributed by atoms with Crippen LogP contribution in [0.4, 0.5) is 0 Å². The molecule has 0 aromatic heterocycles. The van der Waals surface area contributed by atoms with Crippen LogP contribution in [0.15, 0.2) is 30.3 Å². The van der Waals surface area contributed by atoms with Gasteiger partial charge >= 0.3 is 0 Å². The standard InChI is InChI=1S/C15H23NO2/c17-12-14(10-13-6-2-1-3-7-13)16-11-15-8-4-5-9-18-15/h1-3,6-7,14-17H,4-5,8-12H2. The van der Waals surface area contributed by atoms with Crippen molar-refractivity contribution in [3.63, 3.8) is 0 Å². The van der Waals surface area contributed by atoms with Crippen molar-refractivity contribution in [1.82, 2.24) is 5.32 Å². The molecule has 2 rings (SSSR count). The second-order valence-corrected chi connectivity index (χ2v) is 4.97. The Labute approximate surface area is 109 Å². The van der Waals surface area contributed by atoms with Gasteiger partial charge in [-0.05, 0) is 31.2 Å². The van der Waals surface area contributed by atoms with Crippen molar-refractivity contribution >= 4 is 0 Å². The van der Waals surface area contributed by atoms with E-state index in [4.69, 9.17) is 4.74 Å². The minimum atomic E-state index is 0.123. The summed E-state index contributed by atoms with van der Waals surface area (Å²) in [4.78, 5) is 0. The average molecular weight is 249 g/mol. The topological polar surface area (TPSA) is 41.5 Å². The van der Waals surface area contributed by atoms with Gasteiger partial charge in [0, 0.05) is 19.2 Å². The molecule has 0 amide bonds. The predicted molar refractivity (Wildman–Crippen MR) is 72.6 cm³/mol. The van der Waals surface area contributed by atoms with Gasteiger partial charge in [0.05, 0.1) is 12.7 Å². The van der Waals surface area contributed by atoms with Crippen LogP contribution in [0.1, 0.15) is 24.8 Å².